The molecule has 5 rings (SSSR count). The number of hydrogen-bond donors (Lipinski definition) is 1. The SMILES string of the molecule is O=C1C2CN(C(=O)Nc3cccc(F)c3)C(c3ccc(Cl)cc3)C2C(=O)N1c1ccccc1. The van der Waals surface area contributed by atoms with E-state index < -0.39 is 29.7 Å². The Morgan fingerprint density at radius 2 is 1.67 bits per heavy atom. The summed E-state index contributed by atoms with van der Waals surface area (Å²) in [4.78, 5) is 42.7. The van der Waals surface area contributed by atoms with E-state index in [2.05, 4.69) is 5.32 Å². The fourth-order valence-corrected chi connectivity index (χ4v) is 4.79. The van der Waals surface area contributed by atoms with Crippen molar-refractivity contribution in [2.45, 2.75) is 6.04 Å². The number of rotatable bonds is 3. The lowest BCUT2D eigenvalue weighted by atomic mass is 9.89. The second-order valence-corrected chi connectivity index (χ2v) is 8.51. The summed E-state index contributed by atoms with van der Waals surface area (Å²) < 4.78 is 13.6. The number of amides is 4. The molecule has 3 atom stereocenters. The van der Waals surface area contributed by atoms with Crippen LogP contribution in [0.25, 0.3) is 0 Å². The number of carbonyl (C=O) groups excluding carboxylic acids is 3. The molecular weight excluding hydrogens is 445 g/mol. The number of urea groups is 1. The van der Waals surface area contributed by atoms with Crippen LogP contribution in [-0.4, -0.2) is 29.3 Å². The predicted octanol–water partition coefficient (Wildman–Crippen LogP) is 4.87. The average Bonchev–Trinajstić information content (AvgIpc) is 3.31. The molecule has 3 unspecified atom stereocenters. The molecule has 2 heterocycles. The Morgan fingerprint density at radius 3 is 2.36 bits per heavy atom. The number of para-hydroxylation sites is 1. The van der Waals surface area contributed by atoms with Crippen LogP contribution in [0, 0.1) is 17.7 Å². The highest BCUT2D eigenvalue weighted by molar-refractivity contribution is 6.30. The van der Waals surface area contributed by atoms with Crippen molar-refractivity contribution >= 4 is 40.8 Å². The van der Waals surface area contributed by atoms with Crippen LogP contribution in [-0.2, 0) is 9.59 Å². The van der Waals surface area contributed by atoms with Crippen LogP contribution >= 0.6 is 11.6 Å². The van der Waals surface area contributed by atoms with Crippen molar-refractivity contribution in [3.05, 3.63) is 95.3 Å². The third-order valence-electron chi connectivity index (χ3n) is 6.11. The molecule has 0 bridgehead atoms. The molecule has 3 aromatic rings. The number of likely N-dealkylation sites (tertiary alicyclic amines) is 1. The van der Waals surface area contributed by atoms with E-state index in [1.807, 2.05) is 6.07 Å². The van der Waals surface area contributed by atoms with E-state index in [1.54, 1.807) is 54.6 Å². The van der Waals surface area contributed by atoms with Gasteiger partial charge in [-0.15, -0.1) is 0 Å². The molecule has 0 spiro atoms. The van der Waals surface area contributed by atoms with Crippen molar-refractivity contribution in [1.82, 2.24) is 4.90 Å². The van der Waals surface area contributed by atoms with E-state index in [0.717, 1.165) is 0 Å². The Morgan fingerprint density at radius 1 is 0.939 bits per heavy atom. The number of hydrogen-bond acceptors (Lipinski definition) is 3. The summed E-state index contributed by atoms with van der Waals surface area (Å²) in [5.41, 5.74) is 1.49. The Bertz CT molecular complexity index is 1240. The molecule has 8 heteroatoms. The highest BCUT2D eigenvalue weighted by atomic mass is 35.5. The van der Waals surface area contributed by atoms with Crippen molar-refractivity contribution in [3.8, 4) is 0 Å². The number of nitrogens with zero attached hydrogens (tertiary/aromatic N) is 2. The largest absolute Gasteiger partial charge is 0.322 e. The molecular formula is C25H19ClFN3O3. The minimum Gasteiger partial charge on any atom is -0.316 e. The van der Waals surface area contributed by atoms with Gasteiger partial charge in [0.2, 0.25) is 11.8 Å². The molecule has 1 N–H and O–H groups in total. The molecule has 0 aromatic heterocycles. The van der Waals surface area contributed by atoms with Crippen LogP contribution in [0.5, 0.6) is 0 Å². The number of fused-ring (bicyclic) bond motifs is 1. The van der Waals surface area contributed by atoms with Gasteiger partial charge in [-0.3, -0.25) is 9.59 Å². The lowest BCUT2D eigenvalue weighted by Gasteiger charge is -2.29. The van der Waals surface area contributed by atoms with E-state index in [0.29, 0.717) is 16.3 Å². The van der Waals surface area contributed by atoms with Gasteiger partial charge >= 0.3 is 6.03 Å². The number of benzene rings is 3. The molecule has 33 heavy (non-hydrogen) atoms. The number of halogens is 2. The van der Waals surface area contributed by atoms with Crippen LogP contribution in [0.3, 0.4) is 0 Å². The zero-order valence-electron chi connectivity index (χ0n) is 17.3. The summed E-state index contributed by atoms with van der Waals surface area (Å²) in [7, 11) is 0. The van der Waals surface area contributed by atoms with E-state index >= 15 is 0 Å². The van der Waals surface area contributed by atoms with Crippen molar-refractivity contribution in [1.29, 1.82) is 0 Å². The Balaban J connectivity index is 1.51. The Kier molecular flexibility index (Phi) is 5.34. The van der Waals surface area contributed by atoms with Gasteiger partial charge in [-0.2, -0.15) is 0 Å². The smallest absolute Gasteiger partial charge is 0.316 e. The molecule has 0 radical (unpaired) electrons. The van der Waals surface area contributed by atoms with Crippen LogP contribution < -0.4 is 10.2 Å². The molecule has 4 amide bonds. The zero-order valence-corrected chi connectivity index (χ0v) is 18.1. The van der Waals surface area contributed by atoms with E-state index in [1.165, 1.54) is 28.0 Å². The standard InChI is InChI=1S/C25H19ClFN3O3/c26-16-11-9-15(10-12-16)22-21-20(23(31)30(24(21)32)19-7-2-1-3-8-19)14-29(22)25(33)28-18-6-4-5-17(27)13-18/h1-13,20-22H,14H2,(H,28,33). The quantitative estimate of drug-likeness (QED) is 0.563. The van der Waals surface area contributed by atoms with Gasteiger partial charge in [-0.25, -0.2) is 14.1 Å². The van der Waals surface area contributed by atoms with Crippen molar-refractivity contribution in [3.63, 3.8) is 0 Å². The first-order chi connectivity index (χ1) is 15.9. The highest BCUT2D eigenvalue weighted by Crippen LogP contribution is 2.47. The summed E-state index contributed by atoms with van der Waals surface area (Å²) in [6.45, 7) is 0.0625. The predicted molar refractivity (Wildman–Crippen MR) is 122 cm³/mol. The molecule has 2 fully saturated rings. The van der Waals surface area contributed by atoms with Gasteiger partial charge in [0.1, 0.15) is 5.82 Å². The van der Waals surface area contributed by atoms with Crippen molar-refractivity contribution < 1.29 is 18.8 Å². The summed E-state index contributed by atoms with van der Waals surface area (Å²) in [5, 5.41) is 3.20. The first-order valence-corrected chi connectivity index (χ1v) is 10.8. The third kappa shape index (κ3) is 3.74. The maximum absolute atomic E-state index is 13.6. The summed E-state index contributed by atoms with van der Waals surface area (Å²) in [6.07, 6.45) is 0. The van der Waals surface area contributed by atoms with Crippen LogP contribution in [0.2, 0.25) is 5.02 Å². The summed E-state index contributed by atoms with van der Waals surface area (Å²) in [6, 6.07) is 20.0. The van der Waals surface area contributed by atoms with Gasteiger partial charge < -0.3 is 10.2 Å². The van der Waals surface area contributed by atoms with Gasteiger partial charge in [-0.1, -0.05) is 48.0 Å². The second-order valence-electron chi connectivity index (χ2n) is 8.07. The fourth-order valence-electron chi connectivity index (χ4n) is 4.66. The topological polar surface area (TPSA) is 69.7 Å². The summed E-state index contributed by atoms with van der Waals surface area (Å²) >= 11 is 6.05. The van der Waals surface area contributed by atoms with Crippen LogP contribution in [0.4, 0.5) is 20.6 Å². The molecule has 166 valence electrons. The molecule has 6 nitrogen and oxygen atoms in total. The minimum absolute atomic E-state index is 0.0625. The molecule has 3 aromatic carbocycles. The first kappa shape index (κ1) is 21.2. The summed E-state index contributed by atoms with van der Waals surface area (Å²) in [5.74, 6) is -2.59. The fraction of sp³-hybridized carbons (Fsp3) is 0.160. The molecule has 0 aliphatic carbocycles. The van der Waals surface area contributed by atoms with Gasteiger partial charge in [0.15, 0.2) is 0 Å². The van der Waals surface area contributed by atoms with Crippen molar-refractivity contribution in [2.24, 2.45) is 11.8 Å². The van der Waals surface area contributed by atoms with Gasteiger partial charge in [0, 0.05) is 17.3 Å². The Labute approximate surface area is 194 Å². The first-order valence-electron chi connectivity index (χ1n) is 10.5. The maximum Gasteiger partial charge on any atom is 0.322 e. The van der Waals surface area contributed by atoms with Crippen molar-refractivity contribution in [2.75, 3.05) is 16.8 Å². The molecule has 2 saturated heterocycles. The van der Waals surface area contributed by atoms with Gasteiger partial charge in [0.25, 0.3) is 0 Å². The number of nitrogens with one attached hydrogen (secondary N) is 1. The number of anilines is 2. The molecule has 0 saturated carbocycles. The highest BCUT2D eigenvalue weighted by Gasteiger charge is 2.59. The van der Waals surface area contributed by atoms with Crippen LogP contribution in [0.1, 0.15) is 11.6 Å². The van der Waals surface area contributed by atoms with E-state index in [4.69, 9.17) is 11.6 Å². The van der Waals surface area contributed by atoms with Crippen LogP contribution in [0.15, 0.2) is 78.9 Å². The lowest BCUT2D eigenvalue weighted by Crippen LogP contribution is -2.41. The normalized spacial score (nSPS) is 21.9. The third-order valence-corrected chi connectivity index (χ3v) is 6.36. The van der Waals surface area contributed by atoms with Gasteiger partial charge in [-0.05, 0) is 48.0 Å². The van der Waals surface area contributed by atoms with E-state index in [-0.39, 0.29) is 24.0 Å². The Hall–Kier alpha value is -3.71. The minimum atomic E-state index is -0.739. The van der Waals surface area contributed by atoms with Gasteiger partial charge in [0.05, 0.1) is 23.6 Å². The molecule has 2 aliphatic rings. The monoisotopic (exact) mass is 463 g/mol. The number of imide groups is 1. The second kappa shape index (κ2) is 8.33. The average molecular weight is 464 g/mol. The number of carbonyl (C=O) groups is 3. The maximum atomic E-state index is 13.6. The molecule has 2 aliphatic heterocycles. The van der Waals surface area contributed by atoms with E-state index in [9.17, 15) is 18.8 Å². The zero-order chi connectivity index (χ0) is 23.1. The lowest BCUT2D eigenvalue weighted by molar-refractivity contribution is -0.123.